The lowest BCUT2D eigenvalue weighted by atomic mass is 10.4. The van der Waals surface area contributed by atoms with Crippen molar-refractivity contribution in [3.63, 3.8) is 0 Å². The third-order valence-electron chi connectivity index (χ3n) is 2.43. The van der Waals surface area contributed by atoms with E-state index in [2.05, 4.69) is 15.2 Å². The Bertz CT molecular complexity index is 244. The minimum atomic E-state index is 0.693. The fraction of sp³-hybridized carbons (Fsp3) is 0.750. The van der Waals surface area contributed by atoms with E-state index in [1.165, 1.54) is 25.7 Å². The van der Waals surface area contributed by atoms with Crippen LogP contribution in [0.1, 0.15) is 49.2 Å². The number of hydrogen-bond acceptors (Lipinski definition) is 2. The summed E-state index contributed by atoms with van der Waals surface area (Å²) < 4.78 is 0. The van der Waals surface area contributed by atoms with Crippen molar-refractivity contribution in [2.45, 2.75) is 37.5 Å². The van der Waals surface area contributed by atoms with Crippen LogP contribution < -0.4 is 0 Å². The van der Waals surface area contributed by atoms with Crippen molar-refractivity contribution in [1.29, 1.82) is 0 Å². The predicted molar refractivity (Wildman–Crippen MR) is 40.3 cm³/mol. The summed E-state index contributed by atoms with van der Waals surface area (Å²) in [6, 6.07) is 0. The smallest absolute Gasteiger partial charge is 0.153 e. The number of aromatic nitrogens is 3. The Kier molecular flexibility index (Phi) is 0.962. The first-order valence-corrected chi connectivity index (χ1v) is 4.35. The fourth-order valence-corrected chi connectivity index (χ4v) is 1.35. The summed E-state index contributed by atoms with van der Waals surface area (Å²) >= 11 is 0. The molecule has 1 aromatic rings. The Morgan fingerprint density at radius 1 is 1.09 bits per heavy atom. The molecule has 2 saturated carbocycles. The van der Waals surface area contributed by atoms with Gasteiger partial charge in [0.25, 0.3) is 0 Å². The molecule has 3 nitrogen and oxygen atoms in total. The van der Waals surface area contributed by atoms with Crippen LogP contribution in [0.5, 0.6) is 0 Å². The van der Waals surface area contributed by atoms with Gasteiger partial charge in [-0.3, -0.25) is 5.10 Å². The zero-order chi connectivity index (χ0) is 7.26. The van der Waals surface area contributed by atoms with E-state index in [1.54, 1.807) is 0 Å². The summed E-state index contributed by atoms with van der Waals surface area (Å²) in [5.74, 6) is 3.60. The van der Waals surface area contributed by atoms with Gasteiger partial charge in [0.2, 0.25) is 0 Å². The number of hydrogen-bond donors (Lipinski definition) is 1. The molecule has 0 amide bonds. The van der Waals surface area contributed by atoms with Crippen molar-refractivity contribution in [3.05, 3.63) is 11.6 Å². The molecule has 58 valence electrons. The van der Waals surface area contributed by atoms with Gasteiger partial charge in [-0.05, 0) is 25.7 Å². The molecule has 0 saturated heterocycles. The number of H-pyrrole nitrogens is 1. The molecular formula is C8H11N3. The van der Waals surface area contributed by atoms with E-state index in [4.69, 9.17) is 0 Å². The van der Waals surface area contributed by atoms with Crippen molar-refractivity contribution in [1.82, 2.24) is 15.2 Å². The Labute approximate surface area is 65.2 Å². The van der Waals surface area contributed by atoms with E-state index in [1.807, 2.05) is 0 Å². The van der Waals surface area contributed by atoms with Crippen LogP contribution in [0.2, 0.25) is 0 Å². The van der Waals surface area contributed by atoms with Crippen molar-refractivity contribution in [2.75, 3.05) is 0 Å². The molecule has 0 spiro atoms. The zero-order valence-electron chi connectivity index (χ0n) is 6.38. The van der Waals surface area contributed by atoms with Crippen LogP contribution >= 0.6 is 0 Å². The summed E-state index contributed by atoms with van der Waals surface area (Å²) in [7, 11) is 0. The maximum atomic E-state index is 4.47. The Balaban J connectivity index is 1.88. The van der Waals surface area contributed by atoms with Crippen LogP contribution in [0.3, 0.4) is 0 Å². The first kappa shape index (κ1) is 5.75. The van der Waals surface area contributed by atoms with Crippen molar-refractivity contribution in [3.8, 4) is 0 Å². The second-order valence-electron chi connectivity index (χ2n) is 3.63. The first-order valence-electron chi connectivity index (χ1n) is 4.35. The fourth-order valence-electron chi connectivity index (χ4n) is 1.35. The summed E-state index contributed by atoms with van der Waals surface area (Å²) in [5.41, 5.74) is 0. The van der Waals surface area contributed by atoms with Gasteiger partial charge in [0.15, 0.2) is 5.82 Å². The summed E-state index contributed by atoms with van der Waals surface area (Å²) in [6.45, 7) is 0. The molecule has 0 bridgehead atoms. The van der Waals surface area contributed by atoms with Gasteiger partial charge in [-0.25, -0.2) is 4.98 Å². The third-order valence-corrected chi connectivity index (χ3v) is 2.43. The quantitative estimate of drug-likeness (QED) is 0.693. The maximum absolute atomic E-state index is 4.47. The van der Waals surface area contributed by atoms with Crippen LogP contribution in [-0.4, -0.2) is 15.2 Å². The molecule has 0 unspecified atom stereocenters. The van der Waals surface area contributed by atoms with E-state index in [9.17, 15) is 0 Å². The Morgan fingerprint density at radius 2 is 1.82 bits per heavy atom. The van der Waals surface area contributed by atoms with E-state index >= 15 is 0 Å². The lowest BCUT2D eigenvalue weighted by molar-refractivity contribution is 0.926. The molecule has 3 heteroatoms. The van der Waals surface area contributed by atoms with Crippen molar-refractivity contribution < 1.29 is 0 Å². The average Bonchev–Trinajstić information content (AvgIpc) is 2.90. The van der Waals surface area contributed by atoms with Crippen molar-refractivity contribution in [2.24, 2.45) is 0 Å². The molecule has 11 heavy (non-hydrogen) atoms. The van der Waals surface area contributed by atoms with Gasteiger partial charge in [0.05, 0.1) is 0 Å². The predicted octanol–water partition coefficient (Wildman–Crippen LogP) is 1.56. The summed E-state index contributed by atoms with van der Waals surface area (Å²) in [6.07, 6.45) is 5.20. The second kappa shape index (κ2) is 1.84. The number of nitrogens with one attached hydrogen (secondary N) is 1. The van der Waals surface area contributed by atoms with Gasteiger partial charge in [-0.1, -0.05) is 0 Å². The summed E-state index contributed by atoms with van der Waals surface area (Å²) in [4.78, 5) is 4.47. The highest BCUT2D eigenvalue weighted by atomic mass is 15.2. The van der Waals surface area contributed by atoms with Crippen LogP contribution in [0, 0.1) is 0 Å². The monoisotopic (exact) mass is 149 g/mol. The molecule has 1 aromatic heterocycles. The largest absolute Gasteiger partial charge is 0.263 e. The highest BCUT2D eigenvalue weighted by Gasteiger charge is 2.31. The molecule has 1 heterocycles. The lowest BCUT2D eigenvalue weighted by Crippen LogP contribution is -1.82. The highest BCUT2D eigenvalue weighted by Crippen LogP contribution is 2.41. The molecule has 2 aliphatic rings. The summed E-state index contributed by atoms with van der Waals surface area (Å²) in [5, 5.41) is 7.23. The number of rotatable bonds is 2. The maximum Gasteiger partial charge on any atom is 0.153 e. The number of aromatic amines is 1. The Hall–Kier alpha value is -0.860. The molecule has 0 radical (unpaired) electrons. The van der Waals surface area contributed by atoms with Gasteiger partial charge < -0.3 is 0 Å². The average molecular weight is 149 g/mol. The minimum absolute atomic E-state index is 0.693. The Morgan fingerprint density at radius 3 is 2.45 bits per heavy atom. The highest BCUT2D eigenvalue weighted by molar-refractivity contribution is 5.10. The molecule has 0 atom stereocenters. The molecule has 3 rings (SSSR count). The number of nitrogens with zero attached hydrogens (tertiary/aromatic N) is 2. The van der Waals surface area contributed by atoms with Gasteiger partial charge in [0.1, 0.15) is 5.82 Å². The van der Waals surface area contributed by atoms with Gasteiger partial charge >= 0.3 is 0 Å². The van der Waals surface area contributed by atoms with E-state index in [0.29, 0.717) is 5.92 Å². The van der Waals surface area contributed by atoms with Crippen LogP contribution in [0.25, 0.3) is 0 Å². The molecular weight excluding hydrogens is 138 g/mol. The third kappa shape index (κ3) is 0.951. The van der Waals surface area contributed by atoms with Crippen molar-refractivity contribution >= 4 is 0 Å². The van der Waals surface area contributed by atoms with E-state index in [-0.39, 0.29) is 0 Å². The van der Waals surface area contributed by atoms with Gasteiger partial charge in [0, 0.05) is 11.8 Å². The zero-order valence-corrected chi connectivity index (χ0v) is 6.38. The van der Waals surface area contributed by atoms with Crippen LogP contribution in [-0.2, 0) is 0 Å². The first-order chi connectivity index (χ1) is 5.43. The normalized spacial score (nSPS) is 24.0. The molecule has 0 aromatic carbocycles. The van der Waals surface area contributed by atoms with E-state index < -0.39 is 0 Å². The SMILES string of the molecule is C1CC1c1n[nH]c(C2CC2)n1. The minimum Gasteiger partial charge on any atom is -0.263 e. The van der Waals surface area contributed by atoms with E-state index in [0.717, 1.165) is 17.6 Å². The van der Waals surface area contributed by atoms with Crippen LogP contribution in [0.15, 0.2) is 0 Å². The topological polar surface area (TPSA) is 41.6 Å². The lowest BCUT2D eigenvalue weighted by Gasteiger charge is -1.84. The molecule has 2 fully saturated rings. The second-order valence-corrected chi connectivity index (χ2v) is 3.63. The van der Waals surface area contributed by atoms with Gasteiger partial charge in [-0.15, -0.1) is 0 Å². The van der Waals surface area contributed by atoms with Crippen LogP contribution in [0.4, 0.5) is 0 Å². The molecule has 0 aliphatic heterocycles. The molecule has 1 N–H and O–H groups in total. The standard InChI is InChI=1S/C8H11N3/c1-2-5(1)7-9-8(11-10-7)6-3-4-6/h5-6H,1-4H2,(H,9,10,11). The van der Waals surface area contributed by atoms with Gasteiger partial charge in [-0.2, -0.15) is 5.10 Å². The molecule has 2 aliphatic carbocycles.